The molecule has 0 aliphatic carbocycles. The summed E-state index contributed by atoms with van der Waals surface area (Å²) in [6.45, 7) is 5.36. The number of benzene rings is 2. The minimum atomic E-state index is 1.01. The summed E-state index contributed by atoms with van der Waals surface area (Å²) in [6, 6.07) is 19.2. The van der Waals surface area contributed by atoms with Crippen LogP contribution in [0.1, 0.15) is 22.4 Å². The van der Waals surface area contributed by atoms with Gasteiger partial charge in [0.15, 0.2) is 0 Å². The first-order valence-electron chi connectivity index (χ1n) is 7.94. The lowest BCUT2D eigenvalue weighted by Crippen LogP contribution is -2.31. The van der Waals surface area contributed by atoms with E-state index >= 15 is 0 Å². The number of rotatable bonds is 2. The molecule has 1 aliphatic rings. The number of fused-ring (bicyclic) bond motifs is 2. The predicted molar refractivity (Wildman–Crippen MR) is 90.7 cm³/mol. The highest BCUT2D eigenvalue weighted by molar-refractivity contribution is 5.83. The van der Waals surface area contributed by atoms with Gasteiger partial charge in [-0.2, -0.15) is 0 Å². The molecule has 2 nitrogen and oxygen atoms in total. The summed E-state index contributed by atoms with van der Waals surface area (Å²) >= 11 is 0. The van der Waals surface area contributed by atoms with Gasteiger partial charge in [0.1, 0.15) is 0 Å². The average molecular weight is 288 g/mol. The van der Waals surface area contributed by atoms with Crippen LogP contribution >= 0.6 is 0 Å². The van der Waals surface area contributed by atoms with E-state index in [1.807, 2.05) is 0 Å². The zero-order valence-electron chi connectivity index (χ0n) is 12.9. The molecule has 0 radical (unpaired) electrons. The van der Waals surface area contributed by atoms with Gasteiger partial charge in [0.25, 0.3) is 0 Å². The van der Waals surface area contributed by atoms with Gasteiger partial charge in [-0.1, -0.05) is 48.5 Å². The fourth-order valence-electron chi connectivity index (χ4n) is 3.44. The second-order valence-electron chi connectivity index (χ2n) is 6.13. The first-order valence-corrected chi connectivity index (χ1v) is 7.94. The number of pyridine rings is 1. The largest absolute Gasteiger partial charge is 0.294 e. The van der Waals surface area contributed by atoms with Crippen LogP contribution < -0.4 is 0 Å². The molecule has 3 aromatic rings. The number of aromatic nitrogens is 1. The minimum absolute atomic E-state index is 1.01. The molecule has 4 rings (SSSR count). The lowest BCUT2D eigenvalue weighted by molar-refractivity contribution is 0.243. The number of aryl methyl sites for hydroxylation is 1. The highest BCUT2D eigenvalue weighted by Crippen LogP contribution is 2.27. The van der Waals surface area contributed by atoms with Crippen LogP contribution in [0, 0.1) is 6.92 Å². The Labute approximate surface area is 131 Å². The van der Waals surface area contributed by atoms with Gasteiger partial charge in [0.05, 0.1) is 5.52 Å². The number of nitrogens with zero attached hydrogens (tertiary/aromatic N) is 2. The predicted octanol–water partition coefficient (Wildman–Crippen LogP) is 4.10. The summed E-state index contributed by atoms with van der Waals surface area (Å²) < 4.78 is 0. The van der Waals surface area contributed by atoms with Crippen molar-refractivity contribution in [3.05, 3.63) is 77.0 Å². The van der Waals surface area contributed by atoms with E-state index in [0.29, 0.717) is 0 Å². The maximum Gasteiger partial charge on any atom is 0.0708 e. The van der Waals surface area contributed by atoms with Crippen LogP contribution in [-0.4, -0.2) is 16.4 Å². The van der Waals surface area contributed by atoms with Crippen molar-refractivity contribution in [1.29, 1.82) is 0 Å². The monoisotopic (exact) mass is 288 g/mol. The molecule has 2 heterocycles. The highest BCUT2D eigenvalue weighted by Gasteiger charge is 2.20. The zero-order valence-corrected chi connectivity index (χ0v) is 12.9. The second kappa shape index (κ2) is 5.54. The van der Waals surface area contributed by atoms with Crippen LogP contribution in [-0.2, 0) is 19.5 Å². The molecule has 0 amide bonds. The van der Waals surface area contributed by atoms with Crippen LogP contribution in [0.3, 0.4) is 0 Å². The SMILES string of the molecule is Cc1c2c(nc3ccccc13)CCN(Cc1ccccc1)C2. The molecule has 0 saturated carbocycles. The fourth-order valence-corrected chi connectivity index (χ4v) is 3.44. The van der Waals surface area contributed by atoms with Gasteiger partial charge < -0.3 is 0 Å². The van der Waals surface area contributed by atoms with Crippen LogP contribution in [0.2, 0.25) is 0 Å². The molecular weight excluding hydrogens is 268 g/mol. The van der Waals surface area contributed by atoms with Gasteiger partial charge in [-0.15, -0.1) is 0 Å². The Balaban J connectivity index is 1.67. The molecule has 0 saturated heterocycles. The normalized spacial score (nSPS) is 15.0. The summed E-state index contributed by atoms with van der Waals surface area (Å²) in [5, 5.41) is 1.29. The smallest absolute Gasteiger partial charge is 0.0708 e. The lowest BCUT2D eigenvalue weighted by Gasteiger charge is -2.29. The van der Waals surface area contributed by atoms with Crippen molar-refractivity contribution in [3.8, 4) is 0 Å². The lowest BCUT2D eigenvalue weighted by atomic mass is 9.96. The molecular formula is C20H20N2. The number of para-hydroxylation sites is 1. The van der Waals surface area contributed by atoms with Crippen molar-refractivity contribution in [2.75, 3.05) is 6.54 Å². The standard InChI is InChI=1S/C20H20N2/c1-15-17-9-5-6-10-19(17)21-20-11-12-22(14-18(15)20)13-16-7-3-2-4-8-16/h2-10H,11-14H2,1H3. The van der Waals surface area contributed by atoms with Crippen molar-refractivity contribution in [1.82, 2.24) is 9.88 Å². The molecule has 1 aliphatic heterocycles. The summed E-state index contributed by atoms with van der Waals surface area (Å²) in [6.07, 6.45) is 1.05. The average Bonchev–Trinajstić information content (AvgIpc) is 2.57. The van der Waals surface area contributed by atoms with E-state index < -0.39 is 0 Å². The molecule has 2 heteroatoms. The maximum atomic E-state index is 4.89. The van der Waals surface area contributed by atoms with Crippen LogP contribution in [0.25, 0.3) is 10.9 Å². The quantitative estimate of drug-likeness (QED) is 0.705. The Morgan fingerprint density at radius 1 is 1.00 bits per heavy atom. The molecule has 110 valence electrons. The van der Waals surface area contributed by atoms with Crippen molar-refractivity contribution in [3.63, 3.8) is 0 Å². The van der Waals surface area contributed by atoms with Crippen LogP contribution in [0.5, 0.6) is 0 Å². The summed E-state index contributed by atoms with van der Waals surface area (Å²) in [5.41, 5.74) is 6.65. The summed E-state index contributed by atoms with van der Waals surface area (Å²) in [4.78, 5) is 7.42. The van der Waals surface area contributed by atoms with Crippen LogP contribution in [0.15, 0.2) is 54.6 Å². The summed E-state index contributed by atoms with van der Waals surface area (Å²) in [7, 11) is 0. The Hall–Kier alpha value is -2.19. The summed E-state index contributed by atoms with van der Waals surface area (Å²) in [5.74, 6) is 0. The first-order chi connectivity index (χ1) is 10.8. The Morgan fingerprint density at radius 2 is 1.77 bits per heavy atom. The molecule has 22 heavy (non-hydrogen) atoms. The molecule has 1 aromatic heterocycles. The van der Waals surface area contributed by atoms with Crippen molar-refractivity contribution in [2.24, 2.45) is 0 Å². The van der Waals surface area contributed by atoms with Gasteiger partial charge >= 0.3 is 0 Å². The van der Waals surface area contributed by atoms with Gasteiger partial charge in [0.2, 0.25) is 0 Å². The van der Waals surface area contributed by atoms with E-state index in [-0.39, 0.29) is 0 Å². The van der Waals surface area contributed by atoms with E-state index in [4.69, 9.17) is 4.98 Å². The number of hydrogen-bond donors (Lipinski definition) is 0. The third-order valence-corrected chi connectivity index (χ3v) is 4.66. The van der Waals surface area contributed by atoms with Gasteiger partial charge in [-0.25, -0.2) is 0 Å². The Bertz CT molecular complexity index is 809. The molecule has 2 aromatic carbocycles. The van der Waals surface area contributed by atoms with E-state index in [0.717, 1.165) is 31.6 Å². The Morgan fingerprint density at radius 3 is 2.64 bits per heavy atom. The molecule has 0 fully saturated rings. The topological polar surface area (TPSA) is 16.1 Å². The molecule has 0 N–H and O–H groups in total. The van der Waals surface area contributed by atoms with Gasteiger partial charge in [-0.05, 0) is 29.7 Å². The van der Waals surface area contributed by atoms with E-state index in [2.05, 4.69) is 66.4 Å². The fraction of sp³-hybridized carbons (Fsp3) is 0.250. The molecule has 0 bridgehead atoms. The first kappa shape index (κ1) is 13.5. The Kier molecular flexibility index (Phi) is 3.39. The van der Waals surface area contributed by atoms with Gasteiger partial charge in [-0.3, -0.25) is 9.88 Å². The zero-order chi connectivity index (χ0) is 14.9. The van der Waals surface area contributed by atoms with Crippen LogP contribution in [0.4, 0.5) is 0 Å². The highest BCUT2D eigenvalue weighted by atomic mass is 15.1. The second-order valence-corrected chi connectivity index (χ2v) is 6.13. The third kappa shape index (κ3) is 2.40. The third-order valence-electron chi connectivity index (χ3n) is 4.66. The van der Waals surface area contributed by atoms with Crippen molar-refractivity contribution >= 4 is 10.9 Å². The molecule has 0 atom stereocenters. The van der Waals surface area contributed by atoms with E-state index in [1.165, 1.54) is 27.8 Å². The molecule has 0 unspecified atom stereocenters. The van der Waals surface area contributed by atoms with Crippen molar-refractivity contribution in [2.45, 2.75) is 26.4 Å². The van der Waals surface area contributed by atoms with Crippen molar-refractivity contribution < 1.29 is 0 Å². The van der Waals surface area contributed by atoms with Gasteiger partial charge in [0, 0.05) is 37.1 Å². The minimum Gasteiger partial charge on any atom is -0.294 e. The maximum absolute atomic E-state index is 4.89. The van der Waals surface area contributed by atoms with E-state index in [9.17, 15) is 0 Å². The molecule has 0 spiro atoms. The number of hydrogen-bond acceptors (Lipinski definition) is 2. The van der Waals surface area contributed by atoms with E-state index in [1.54, 1.807) is 0 Å².